The Bertz CT molecular complexity index is 1250. The molecule has 0 saturated carbocycles. The molecule has 0 bridgehead atoms. The van der Waals surface area contributed by atoms with E-state index < -0.39 is 33.9 Å². The second-order valence-corrected chi connectivity index (χ2v) is 14.6. The van der Waals surface area contributed by atoms with E-state index in [1.807, 2.05) is 31.2 Å². The molecule has 0 N–H and O–H groups in total. The van der Waals surface area contributed by atoms with Gasteiger partial charge in [-0.05, 0) is 150 Å². The molecule has 0 radical (unpaired) electrons. The van der Waals surface area contributed by atoms with Crippen molar-refractivity contribution in [2.24, 2.45) is 17.8 Å². The highest BCUT2D eigenvalue weighted by Crippen LogP contribution is 2.36. The van der Waals surface area contributed by atoms with Gasteiger partial charge in [-0.25, -0.2) is 8.42 Å². The van der Waals surface area contributed by atoms with Crippen molar-refractivity contribution in [3.63, 3.8) is 0 Å². The number of esters is 2. The number of halogens is 5. The van der Waals surface area contributed by atoms with Crippen LogP contribution in [0.3, 0.4) is 0 Å². The van der Waals surface area contributed by atoms with Crippen LogP contribution in [0.25, 0.3) is 0 Å². The summed E-state index contributed by atoms with van der Waals surface area (Å²) in [5.74, 6) is -2.40. The molecule has 34 heavy (non-hydrogen) atoms. The van der Waals surface area contributed by atoms with E-state index in [2.05, 4.69) is 67.8 Å². The molecular formula is C21H14I5O7S-. The highest BCUT2D eigenvalue weighted by molar-refractivity contribution is 14.1. The van der Waals surface area contributed by atoms with Crippen LogP contribution in [0.4, 0.5) is 0 Å². The van der Waals surface area contributed by atoms with Gasteiger partial charge in [0, 0.05) is 10.7 Å². The first kappa shape index (κ1) is 29.2. The van der Waals surface area contributed by atoms with E-state index in [1.54, 1.807) is 45.2 Å². The number of hydrogen-bond acceptors (Lipinski definition) is 7. The maximum Gasteiger partial charge on any atom is 0.315 e. The van der Waals surface area contributed by atoms with Gasteiger partial charge >= 0.3 is 11.9 Å². The third kappa shape index (κ3) is 6.95. The van der Waals surface area contributed by atoms with Crippen molar-refractivity contribution in [3.05, 3.63) is 54.3 Å². The topological polar surface area (TPSA) is 110 Å². The third-order valence-corrected chi connectivity index (χ3v) is 10.6. The molecule has 1 aliphatic rings. The standard InChI is InChI=1S/C21H15I5O7S/c1-9-3-2-4-12(17(9)21(28)33-18-13(23)5-10(22)6-14(18)24)20(27)32-11-7-15(25)19(16(26)8-11)34(29,30)31/h2-3,5-9,12,17H,4H2,1H3,(H,29,30,31)/p-1. The largest absolute Gasteiger partial charge is 0.744 e. The summed E-state index contributed by atoms with van der Waals surface area (Å²) in [5, 5.41) is 0. The molecule has 0 spiro atoms. The lowest BCUT2D eigenvalue weighted by atomic mass is 9.76. The Kier molecular flexibility index (Phi) is 10.3. The first-order valence-electron chi connectivity index (χ1n) is 9.49. The highest BCUT2D eigenvalue weighted by atomic mass is 127. The smallest absolute Gasteiger partial charge is 0.315 e. The molecule has 2 aromatic carbocycles. The second kappa shape index (κ2) is 12.0. The number of benzene rings is 2. The number of carbonyl (C=O) groups is 2. The first-order chi connectivity index (χ1) is 15.8. The monoisotopic (exact) mass is 1040 g/mol. The SMILES string of the molecule is CC1C=CCC(C(=O)Oc2cc(I)c(S(=O)(=O)[O-])c(I)c2)C1C(=O)Oc1c(I)cc(I)cc1I. The average Bonchev–Trinajstić information content (AvgIpc) is 2.68. The van der Waals surface area contributed by atoms with Crippen LogP contribution < -0.4 is 9.47 Å². The van der Waals surface area contributed by atoms with E-state index >= 15 is 0 Å². The van der Waals surface area contributed by atoms with Crippen LogP contribution in [0.5, 0.6) is 11.5 Å². The lowest BCUT2D eigenvalue weighted by Gasteiger charge is -2.30. The van der Waals surface area contributed by atoms with Crippen molar-refractivity contribution in [2.75, 3.05) is 0 Å². The van der Waals surface area contributed by atoms with Crippen LogP contribution in [-0.2, 0) is 19.7 Å². The summed E-state index contributed by atoms with van der Waals surface area (Å²) in [6.45, 7) is 1.84. The molecule has 0 aromatic heterocycles. The summed E-state index contributed by atoms with van der Waals surface area (Å²) in [6, 6.07) is 6.43. The summed E-state index contributed by atoms with van der Waals surface area (Å²) in [5.41, 5.74) is 0. The summed E-state index contributed by atoms with van der Waals surface area (Å²) in [7, 11) is -4.67. The Morgan fingerprint density at radius 3 is 2.00 bits per heavy atom. The number of hydrogen-bond donors (Lipinski definition) is 0. The van der Waals surface area contributed by atoms with Gasteiger partial charge in [-0.15, -0.1) is 0 Å². The van der Waals surface area contributed by atoms with E-state index in [9.17, 15) is 22.6 Å². The minimum absolute atomic E-state index is 0.0993. The van der Waals surface area contributed by atoms with Gasteiger partial charge in [-0.3, -0.25) is 9.59 Å². The highest BCUT2D eigenvalue weighted by Gasteiger charge is 2.41. The lowest BCUT2D eigenvalue weighted by Crippen LogP contribution is -2.40. The van der Waals surface area contributed by atoms with E-state index in [4.69, 9.17) is 9.47 Å². The Labute approximate surface area is 265 Å². The molecular weight excluding hydrogens is 1030 g/mol. The summed E-state index contributed by atoms with van der Waals surface area (Å²) in [6.07, 6.45) is 4.00. The third-order valence-electron chi connectivity index (χ3n) is 5.01. The molecule has 3 atom stereocenters. The molecule has 182 valence electrons. The van der Waals surface area contributed by atoms with E-state index in [0.29, 0.717) is 12.2 Å². The molecule has 1 aliphatic carbocycles. The number of carbonyl (C=O) groups excluding carboxylic acids is 2. The molecule has 7 nitrogen and oxygen atoms in total. The van der Waals surface area contributed by atoms with Crippen LogP contribution in [0.2, 0.25) is 0 Å². The van der Waals surface area contributed by atoms with Crippen LogP contribution in [0.15, 0.2) is 41.3 Å². The molecule has 3 unspecified atom stereocenters. The van der Waals surface area contributed by atoms with Crippen molar-refractivity contribution in [1.29, 1.82) is 0 Å². The lowest BCUT2D eigenvalue weighted by molar-refractivity contribution is -0.152. The Hall–Kier alpha value is 0.680. The summed E-state index contributed by atoms with van der Waals surface area (Å²) in [4.78, 5) is 26.0. The van der Waals surface area contributed by atoms with Crippen molar-refractivity contribution in [3.8, 4) is 11.5 Å². The minimum Gasteiger partial charge on any atom is -0.744 e. The molecule has 0 fully saturated rings. The fourth-order valence-corrected chi connectivity index (χ4v) is 11.2. The molecule has 0 aliphatic heterocycles. The zero-order valence-electron chi connectivity index (χ0n) is 17.1. The molecule has 3 rings (SSSR count). The van der Waals surface area contributed by atoms with Crippen molar-refractivity contribution >= 4 is 135 Å². The molecule has 13 heteroatoms. The van der Waals surface area contributed by atoms with Gasteiger partial charge in [-0.1, -0.05) is 19.1 Å². The van der Waals surface area contributed by atoms with Crippen molar-refractivity contribution in [2.45, 2.75) is 18.2 Å². The quantitative estimate of drug-likeness (QED) is 0.120. The molecule has 0 amide bonds. The zero-order valence-corrected chi connectivity index (χ0v) is 28.7. The predicted octanol–water partition coefficient (Wildman–Crippen LogP) is 5.95. The Morgan fingerprint density at radius 2 is 1.47 bits per heavy atom. The van der Waals surface area contributed by atoms with Gasteiger partial charge in [0.1, 0.15) is 15.9 Å². The second-order valence-electron chi connectivity index (χ2n) is 7.37. The summed E-state index contributed by atoms with van der Waals surface area (Å²) < 4.78 is 48.7. The van der Waals surface area contributed by atoms with Gasteiger partial charge in [0.25, 0.3) is 0 Å². The van der Waals surface area contributed by atoms with Crippen molar-refractivity contribution in [1.82, 2.24) is 0 Å². The fourth-order valence-electron chi connectivity index (χ4n) is 3.52. The van der Waals surface area contributed by atoms with Crippen LogP contribution in [0, 0.1) is 35.6 Å². The fraction of sp³-hybridized carbons (Fsp3) is 0.238. The van der Waals surface area contributed by atoms with Gasteiger partial charge in [0.2, 0.25) is 0 Å². The molecule has 0 heterocycles. The van der Waals surface area contributed by atoms with Gasteiger partial charge in [-0.2, -0.15) is 0 Å². The van der Waals surface area contributed by atoms with E-state index in [0.717, 1.165) is 10.7 Å². The predicted molar refractivity (Wildman–Crippen MR) is 166 cm³/mol. The van der Waals surface area contributed by atoms with Gasteiger partial charge < -0.3 is 14.0 Å². The molecule has 0 saturated heterocycles. The van der Waals surface area contributed by atoms with Crippen LogP contribution in [-0.4, -0.2) is 24.9 Å². The van der Waals surface area contributed by atoms with E-state index in [-0.39, 0.29) is 23.7 Å². The average molecular weight is 1040 g/mol. The maximum atomic E-state index is 13.2. The number of ether oxygens (including phenoxy) is 2. The maximum absolute atomic E-state index is 13.2. The Balaban J connectivity index is 1.86. The normalized spacial score (nSPS) is 20.1. The number of rotatable bonds is 5. The van der Waals surface area contributed by atoms with Gasteiger partial charge in [0.05, 0.1) is 23.9 Å². The Morgan fingerprint density at radius 1 is 0.912 bits per heavy atom. The van der Waals surface area contributed by atoms with Gasteiger partial charge in [0.15, 0.2) is 5.75 Å². The van der Waals surface area contributed by atoms with Crippen molar-refractivity contribution < 1.29 is 32.0 Å². The summed E-state index contributed by atoms with van der Waals surface area (Å²) >= 11 is 9.84. The van der Waals surface area contributed by atoms with Crippen LogP contribution in [0.1, 0.15) is 13.3 Å². The minimum atomic E-state index is -4.67. The molecule has 2 aromatic rings. The van der Waals surface area contributed by atoms with E-state index in [1.165, 1.54) is 12.1 Å². The zero-order chi connectivity index (χ0) is 25.4. The van der Waals surface area contributed by atoms with Crippen LogP contribution >= 0.6 is 113 Å². The number of allylic oxidation sites excluding steroid dienone is 2. The first-order valence-corrected chi connectivity index (χ1v) is 16.3.